The molecule has 0 spiro atoms. The van der Waals surface area contributed by atoms with Crippen LogP contribution in [0.3, 0.4) is 0 Å². The van der Waals surface area contributed by atoms with Gasteiger partial charge in [0.25, 0.3) is 5.56 Å². The zero-order valence-electron chi connectivity index (χ0n) is 16.3. The molecule has 1 heterocycles. The van der Waals surface area contributed by atoms with E-state index in [0.29, 0.717) is 28.8 Å². The zero-order chi connectivity index (χ0) is 20.3. The van der Waals surface area contributed by atoms with Crippen molar-refractivity contribution in [1.29, 1.82) is 0 Å². The summed E-state index contributed by atoms with van der Waals surface area (Å²) in [4.78, 5) is 25.7. The lowest BCUT2D eigenvalue weighted by Gasteiger charge is -2.14. The van der Waals surface area contributed by atoms with Crippen LogP contribution < -0.4 is 19.8 Å². The number of carbonyl (C=O) groups excluding carboxylic acids is 1. The third-order valence-corrected chi connectivity index (χ3v) is 4.18. The fourth-order valence-electron chi connectivity index (χ4n) is 2.91. The Labute approximate surface area is 162 Å². The quantitative estimate of drug-likeness (QED) is 0.481. The normalized spacial score (nSPS) is 10.9. The largest absolute Gasteiger partial charge is 0.493 e. The molecule has 146 valence electrons. The van der Waals surface area contributed by atoms with E-state index in [0.717, 1.165) is 0 Å². The molecule has 3 rings (SSSR count). The fourth-order valence-corrected chi connectivity index (χ4v) is 2.91. The number of rotatable bonds is 6. The molecule has 0 amide bonds. The second-order valence-electron chi connectivity index (χ2n) is 6.66. The van der Waals surface area contributed by atoms with Crippen LogP contribution >= 0.6 is 0 Å². The zero-order valence-corrected chi connectivity index (χ0v) is 16.3. The van der Waals surface area contributed by atoms with Crippen LogP contribution in [0.1, 0.15) is 24.3 Å². The lowest BCUT2D eigenvalue weighted by Crippen LogP contribution is -2.28. The molecule has 0 aliphatic heterocycles. The minimum absolute atomic E-state index is 0.0591. The number of aromatic nitrogens is 2. The molecule has 28 heavy (non-hydrogen) atoms. The first-order chi connectivity index (χ1) is 13.5. The van der Waals surface area contributed by atoms with E-state index in [-0.39, 0.29) is 22.9 Å². The average molecular weight is 382 g/mol. The summed E-state index contributed by atoms with van der Waals surface area (Å²) in [7, 11) is 2.95. The molecule has 0 saturated carbocycles. The predicted octanol–water partition coefficient (Wildman–Crippen LogP) is 3.29. The van der Waals surface area contributed by atoms with E-state index >= 15 is 0 Å². The average Bonchev–Trinajstić information content (AvgIpc) is 2.69. The SMILES string of the molecule is COc1cccc(OC)c1OC(=O)c1nn(CC(C)C)c(=O)c2ccccc12. The van der Waals surface area contributed by atoms with Crippen LogP contribution in [0.25, 0.3) is 10.8 Å². The standard InChI is InChI=1S/C21H22N2O5/c1-13(2)12-23-20(24)15-9-6-5-8-14(15)18(22-23)21(25)28-19-16(26-3)10-7-11-17(19)27-4/h5-11,13H,12H2,1-4H3. The van der Waals surface area contributed by atoms with Crippen LogP contribution in [0.4, 0.5) is 0 Å². The number of hydrogen-bond donors (Lipinski definition) is 0. The minimum atomic E-state index is -0.698. The van der Waals surface area contributed by atoms with Crippen molar-refractivity contribution < 1.29 is 19.0 Å². The Kier molecular flexibility index (Phi) is 5.63. The molecule has 0 N–H and O–H groups in total. The van der Waals surface area contributed by atoms with E-state index in [9.17, 15) is 9.59 Å². The van der Waals surface area contributed by atoms with E-state index in [4.69, 9.17) is 14.2 Å². The van der Waals surface area contributed by atoms with Crippen LogP contribution in [0, 0.1) is 5.92 Å². The second kappa shape index (κ2) is 8.12. The van der Waals surface area contributed by atoms with Crippen LogP contribution in [0.5, 0.6) is 17.2 Å². The van der Waals surface area contributed by atoms with Gasteiger partial charge in [-0.1, -0.05) is 38.1 Å². The lowest BCUT2D eigenvalue weighted by atomic mass is 10.1. The number of carbonyl (C=O) groups is 1. The Morgan fingerprint density at radius 1 is 1.00 bits per heavy atom. The summed E-state index contributed by atoms with van der Waals surface area (Å²) < 4.78 is 17.4. The molecule has 0 atom stereocenters. The summed E-state index contributed by atoms with van der Waals surface area (Å²) in [5.74, 6) is 0.353. The van der Waals surface area contributed by atoms with E-state index in [2.05, 4.69) is 5.10 Å². The highest BCUT2D eigenvalue weighted by molar-refractivity contribution is 6.03. The van der Waals surface area contributed by atoms with E-state index in [1.54, 1.807) is 42.5 Å². The van der Waals surface area contributed by atoms with Crippen molar-refractivity contribution in [2.45, 2.75) is 20.4 Å². The Morgan fingerprint density at radius 2 is 1.61 bits per heavy atom. The molecule has 7 nitrogen and oxygen atoms in total. The smallest absolute Gasteiger partial charge is 0.365 e. The summed E-state index contributed by atoms with van der Waals surface area (Å²) in [6.07, 6.45) is 0. The summed E-state index contributed by atoms with van der Waals surface area (Å²) in [6.45, 7) is 4.34. The van der Waals surface area contributed by atoms with Gasteiger partial charge in [-0.3, -0.25) is 4.79 Å². The van der Waals surface area contributed by atoms with E-state index in [1.165, 1.54) is 18.9 Å². The van der Waals surface area contributed by atoms with Crippen molar-refractivity contribution in [2.24, 2.45) is 5.92 Å². The van der Waals surface area contributed by atoms with Crippen molar-refractivity contribution in [3.8, 4) is 17.2 Å². The number of fused-ring (bicyclic) bond motifs is 1. The molecule has 1 aromatic heterocycles. The summed E-state index contributed by atoms with van der Waals surface area (Å²) >= 11 is 0. The highest BCUT2D eigenvalue weighted by Gasteiger charge is 2.22. The molecule has 0 radical (unpaired) electrons. The predicted molar refractivity (Wildman–Crippen MR) is 105 cm³/mol. The van der Waals surface area contributed by atoms with Gasteiger partial charge in [0.15, 0.2) is 17.2 Å². The van der Waals surface area contributed by atoms with Crippen molar-refractivity contribution in [3.63, 3.8) is 0 Å². The van der Waals surface area contributed by atoms with E-state index in [1.807, 2.05) is 13.8 Å². The third-order valence-electron chi connectivity index (χ3n) is 4.18. The van der Waals surface area contributed by atoms with Crippen LogP contribution in [0.2, 0.25) is 0 Å². The van der Waals surface area contributed by atoms with Crippen LogP contribution in [0.15, 0.2) is 47.3 Å². The van der Waals surface area contributed by atoms with Crippen molar-refractivity contribution in [2.75, 3.05) is 14.2 Å². The molecule has 7 heteroatoms. The highest BCUT2D eigenvalue weighted by Crippen LogP contribution is 2.37. The maximum absolute atomic E-state index is 13.0. The number of benzene rings is 2. The summed E-state index contributed by atoms with van der Waals surface area (Å²) in [5, 5.41) is 5.15. The van der Waals surface area contributed by atoms with Gasteiger partial charge in [0, 0.05) is 11.9 Å². The molecule has 0 aliphatic carbocycles. The molecule has 0 saturated heterocycles. The van der Waals surface area contributed by atoms with Gasteiger partial charge in [0.05, 0.1) is 19.6 Å². The van der Waals surface area contributed by atoms with Gasteiger partial charge < -0.3 is 14.2 Å². The Morgan fingerprint density at radius 3 is 2.18 bits per heavy atom. The lowest BCUT2D eigenvalue weighted by molar-refractivity contribution is 0.0717. The highest BCUT2D eigenvalue weighted by atomic mass is 16.6. The maximum atomic E-state index is 13.0. The second-order valence-corrected chi connectivity index (χ2v) is 6.66. The molecule has 0 unspecified atom stereocenters. The minimum Gasteiger partial charge on any atom is -0.493 e. The molecule has 0 fully saturated rings. The van der Waals surface area contributed by atoms with Gasteiger partial charge in [-0.25, -0.2) is 9.48 Å². The monoisotopic (exact) mass is 382 g/mol. The van der Waals surface area contributed by atoms with Gasteiger partial charge >= 0.3 is 5.97 Å². The van der Waals surface area contributed by atoms with E-state index < -0.39 is 5.97 Å². The first-order valence-corrected chi connectivity index (χ1v) is 8.89. The molecule has 0 bridgehead atoms. The Balaban J connectivity index is 2.12. The number of para-hydroxylation sites is 1. The number of methoxy groups -OCH3 is 2. The van der Waals surface area contributed by atoms with Crippen molar-refractivity contribution >= 4 is 16.7 Å². The number of esters is 1. The van der Waals surface area contributed by atoms with Crippen molar-refractivity contribution in [3.05, 3.63) is 58.5 Å². The van der Waals surface area contributed by atoms with Crippen LogP contribution in [-0.4, -0.2) is 30.0 Å². The third kappa shape index (κ3) is 3.69. The number of ether oxygens (including phenoxy) is 3. The first-order valence-electron chi connectivity index (χ1n) is 8.89. The molecule has 3 aromatic rings. The molecule has 2 aromatic carbocycles. The molecular formula is C21H22N2O5. The fraction of sp³-hybridized carbons (Fsp3) is 0.286. The van der Waals surface area contributed by atoms with Crippen molar-refractivity contribution in [1.82, 2.24) is 9.78 Å². The topological polar surface area (TPSA) is 79.7 Å². The summed E-state index contributed by atoms with van der Waals surface area (Å²) in [5.41, 5.74) is -0.181. The van der Waals surface area contributed by atoms with Gasteiger partial charge in [-0.15, -0.1) is 0 Å². The first kappa shape index (κ1) is 19.4. The van der Waals surface area contributed by atoms with Gasteiger partial charge in [0.2, 0.25) is 5.75 Å². The van der Waals surface area contributed by atoms with Gasteiger partial charge in [-0.05, 0) is 24.1 Å². The van der Waals surface area contributed by atoms with Gasteiger partial charge in [-0.2, -0.15) is 5.10 Å². The maximum Gasteiger partial charge on any atom is 0.365 e. The molecular weight excluding hydrogens is 360 g/mol. The number of hydrogen-bond acceptors (Lipinski definition) is 6. The number of nitrogens with zero attached hydrogens (tertiary/aromatic N) is 2. The Hall–Kier alpha value is -3.35. The summed E-state index contributed by atoms with van der Waals surface area (Å²) in [6, 6.07) is 11.9. The molecule has 0 aliphatic rings. The van der Waals surface area contributed by atoms with Gasteiger partial charge in [0.1, 0.15) is 0 Å². The Bertz CT molecular complexity index is 1050. The van der Waals surface area contributed by atoms with Crippen LogP contribution in [-0.2, 0) is 6.54 Å².